The lowest BCUT2D eigenvalue weighted by Crippen LogP contribution is -2.59. The molecule has 1 saturated heterocycles. The molecule has 0 bridgehead atoms. The van der Waals surface area contributed by atoms with Crippen LogP contribution in [0.15, 0.2) is 17.5 Å². The molecule has 4 nitrogen and oxygen atoms in total. The van der Waals surface area contributed by atoms with Crippen molar-refractivity contribution in [2.75, 3.05) is 6.54 Å². The highest BCUT2D eigenvalue weighted by atomic mass is 32.1. The van der Waals surface area contributed by atoms with Gasteiger partial charge in [0.2, 0.25) is 11.8 Å². The minimum atomic E-state index is -0.373. The molecule has 1 aliphatic heterocycles. The molecule has 104 valence electrons. The maximum absolute atomic E-state index is 12.5. The van der Waals surface area contributed by atoms with Crippen molar-refractivity contribution < 1.29 is 9.59 Å². The first-order chi connectivity index (χ1) is 9.04. The highest BCUT2D eigenvalue weighted by Gasteiger charge is 2.37. The van der Waals surface area contributed by atoms with Gasteiger partial charge in [-0.2, -0.15) is 0 Å². The van der Waals surface area contributed by atoms with E-state index < -0.39 is 0 Å². The molecule has 0 aliphatic carbocycles. The van der Waals surface area contributed by atoms with Gasteiger partial charge in [0.05, 0.1) is 6.04 Å². The largest absolute Gasteiger partial charge is 0.343 e. The Hall–Kier alpha value is -1.36. The molecule has 0 aromatic carbocycles. The van der Waals surface area contributed by atoms with Crippen LogP contribution in [0.25, 0.3) is 0 Å². The molecule has 1 N–H and O–H groups in total. The lowest BCUT2D eigenvalue weighted by molar-refractivity contribution is -0.147. The van der Waals surface area contributed by atoms with E-state index in [1.807, 2.05) is 24.4 Å². The van der Waals surface area contributed by atoms with Gasteiger partial charge in [0.1, 0.15) is 12.6 Å². The third-order valence-corrected chi connectivity index (χ3v) is 4.38. The normalized spacial score (nSPS) is 21.7. The molecule has 1 aliphatic rings. The third kappa shape index (κ3) is 2.81. The lowest BCUT2D eigenvalue weighted by atomic mass is 9.98. The van der Waals surface area contributed by atoms with Gasteiger partial charge in [-0.1, -0.05) is 26.8 Å². The van der Waals surface area contributed by atoms with Crippen LogP contribution in [0.5, 0.6) is 0 Å². The molecular weight excluding hydrogens is 260 g/mol. The van der Waals surface area contributed by atoms with Crippen molar-refractivity contribution in [2.24, 2.45) is 5.92 Å². The fourth-order valence-corrected chi connectivity index (χ4v) is 3.56. The van der Waals surface area contributed by atoms with Gasteiger partial charge < -0.3 is 10.2 Å². The Morgan fingerprint density at radius 2 is 2.21 bits per heavy atom. The van der Waals surface area contributed by atoms with Crippen LogP contribution in [-0.4, -0.2) is 29.3 Å². The Bertz CT molecular complexity index is 456. The quantitative estimate of drug-likeness (QED) is 0.919. The predicted molar refractivity (Wildman–Crippen MR) is 75.8 cm³/mol. The van der Waals surface area contributed by atoms with Crippen molar-refractivity contribution in [1.29, 1.82) is 0 Å². The maximum Gasteiger partial charge on any atom is 0.246 e. The number of piperazine rings is 1. The van der Waals surface area contributed by atoms with E-state index in [2.05, 4.69) is 19.2 Å². The standard InChI is InChI=1S/C14H20N2O2S/c1-4-10-14(18)16(8-12(17)15-10)13(9(2)3)11-6-5-7-19-11/h5-7,9-10,13H,4,8H2,1-3H3,(H,15,17). The number of nitrogens with one attached hydrogen (secondary N) is 1. The van der Waals surface area contributed by atoms with Crippen LogP contribution in [0.3, 0.4) is 0 Å². The van der Waals surface area contributed by atoms with Crippen molar-refractivity contribution in [2.45, 2.75) is 39.3 Å². The molecule has 1 aromatic rings. The molecule has 1 fully saturated rings. The number of carbonyl (C=O) groups is 2. The zero-order chi connectivity index (χ0) is 14.0. The number of amides is 2. The molecule has 2 heterocycles. The second-order valence-electron chi connectivity index (χ2n) is 5.20. The molecular formula is C14H20N2O2S. The molecule has 0 spiro atoms. The van der Waals surface area contributed by atoms with E-state index in [-0.39, 0.29) is 36.4 Å². The summed E-state index contributed by atoms with van der Waals surface area (Å²) in [6.07, 6.45) is 0.635. The Kier molecular flexibility index (Phi) is 4.24. The summed E-state index contributed by atoms with van der Waals surface area (Å²) in [5.74, 6) is 0.258. The summed E-state index contributed by atoms with van der Waals surface area (Å²) in [5, 5.41) is 4.77. The van der Waals surface area contributed by atoms with E-state index in [4.69, 9.17) is 0 Å². The first kappa shape index (κ1) is 14.1. The number of rotatable bonds is 4. The van der Waals surface area contributed by atoms with E-state index >= 15 is 0 Å². The summed E-state index contributed by atoms with van der Waals surface area (Å²) >= 11 is 1.64. The third-order valence-electron chi connectivity index (χ3n) is 3.44. The van der Waals surface area contributed by atoms with Crippen molar-refractivity contribution in [3.05, 3.63) is 22.4 Å². The van der Waals surface area contributed by atoms with E-state index in [9.17, 15) is 9.59 Å². The van der Waals surface area contributed by atoms with Crippen LogP contribution in [0.2, 0.25) is 0 Å². The van der Waals surface area contributed by atoms with Crippen molar-refractivity contribution in [3.63, 3.8) is 0 Å². The highest BCUT2D eigenvalue weighted by Crippen LogP contribution is 2.33. The van der Waals surface area contributed by atoms with Gasteiger partial charge in [0.25, 0.3) is 0 Å². The Morgan fingerprint density at radius 3 is 2.74 bits per heavy atom. The van der Waals surface area contributed by atoms with Crippen molar-refractivity contribution >= 4 is 23.2 Å². The van der Waals surface area contributed by atoms with Crippen LogP contribution < -0.4 is 5.32 Å². The first-order valence-corrected chi connectivity index (χ1v) is 7.55. The molecule has 19 heavy (non-hydrogen) atoms. The van der Waals surface area contributed by atoms with Gasteiger partial charge in [0.15, 0.2) is 0 Å². The van der Waals surface area contributed by atoms with Crippen LogP contribution in [0.1, 0.15) is 38.1 Å². The number of hydrogen-bond acceptors (Lipinski definition) is 3. The monoisotopic (exact) mass is 280 g/mol. The Morgan fingerprint density at radius 1 is 1.47 bits per heavy atom. The summed E-state index contributed by atoms with van der Waals surface area (Å²) in [7, 11) is 0. The van der Waals surface area contributed by atoms with E-state index in [0.717, 1.165) is 4.88 Å². The molecule has 2 rings (SSSR count). The zero-order valence-electron chi connectivity index (χ0n) is 11.6. The van der Waals surface area contributed by atoms with Gasteiger partial charge in [-0.15, -0.1) is 11.3 Å². The number of nitrogens with zero attached hydrogens (tertiary/aromatic N) is 1. The topological polar surface area (TPSA) is 49.4 Å². The van der Waals surface area contributed by atoms with Crippen LogP contribution in [-0.2, 0) is 9.59 Å². The second-order valence-corrected chi connectivity index (χ2v) is 6.18. The predicted octanol–water partition coefficient (Wildman–Crippen LogP) is 2.18. The van der Waals surface area contributed by atoms with Crippen LogP contribution >= 0.6 is 11.3 Å². The second kappa shape index (κ2) is 5.74. The van der Waals surface area contributed by atoms with E-state index in [1.54, 1.807) is 16.2 Å². The first-order valence-electron chi connectivity index (χ1n) is 6.67. The summed E-state index contributed by atoms with van der Waals surface area (Å²) in [6, 6.07) is 3.65. The number of carbonyl (C=O) groups excluding carboxylic acids is 2. The average Bonchev–Trinajstić information content (AvgIpc) is 2.86. The molecule has 1 aromatic heterocycles. The highest BCUT2D eigenvalue weighted by molar-refractivity contribution is 7.10. The Balaban J connectivity index is 2.30. The molecule has 0 saturated carbocycles. The van der Waals surface area contributed by atoms with E-state index in [0.29, 0.717) is 6.42 Å². The molecule has 2 atom stereocenters. The smallest absolute Gasteiger partial charge is 0.246 e. The summed E-state index contributed by atoms with van der Waals surface area (Å²) in [5.41, 5.74) is 0. The van der Waals surface area contributed by atoms with Crippen LogP contribution in [0.4, 0.5) is 0 Å². The van der Waals surface area contributed by atoms with Crippen LogP contribution in [0, 0.1) is 5.92 Å². The minimum absolute atomic E-state index is 0.00685. The van der Waals surface area contributed by atoms with Crippen molar-refractivity contribution in [1.82, 2.24) is 10.2 Å². The van der Waals surface area contributed by atoms with Crippen molar-refractivity contribution in [3.8, 4) is 0 Å². The van der Waals surface area contributed by atoms with Gasteiger partial charge in [-0.3, -0.25) is 9.59 Å². The summed E-state index contributed by atoms with van der Waals surface area (Å²) in [6.45, 7) is 6.26. The van der Waals surface area contributed by atoms with Gasteiger partial charge in [-0.05, 0) is 23.8 Å². The number of thiophene rings is 1. The Labute approximate surface area is 117 Å². The minimum Gasteiger partial charge on any atom is -0.343 e. The number of hydrogen-bond donors (Lipinski definition) is 1. The molecule has 0 radical (unpaired) electrons. The molecule has 5 heteroatoms. The fraction of sp³-hybridized carbons (Fsp3) is 0.571. The molecule has 2 amide bonds. The van der Waals surface area contributed by atoms with E-state index in [1.165, 1.54) is 0 Å². The maximum atomic E-state index is 12.5. The zero-order valence-corrected chi connectivity index (χ0v) is 12.4. The molecule has 2 unspecified atom stereocenters. The average molecular weight is 280 g/mol. The van der Waals surface area contributed by atoms with Gasteiger partial charge in [0, 0.05) is 4.88 Å². The van der Waals surface area contributed by atoms with Gasteiger partial charge >= 0.3 is 0 Å². The SMILES string of the molecule is CCC1NC(=O)CN(C(c2cccs2)C(C)C)C1=O. The summed E-state index contributed by atoms with van der Waals surface area (Å²) in [4.78, 5) is 27.1. The fourth-order valence-electron chi connectivity index (χ4n) is 2.55. The summed E-state index contributed by atoms with van der Waals surface area (Å²) < 4.78 is 0. The lowest BCUT2D eigenvalue weighted by Gasteiger charge is -2.39. The van der Waals surface area contributed by atoms with Gasteiger partial charge in [-0.25, -0.2) is 0 Å².